The number of hydrogen-bond donors (Lipinski definition) is 1. The van der Waals surface area contributed by atoms with Gasteiger partial charge in [-0.15, -0.1) is 0 Å². The molecule has 0 spiro atoms. The standard InChI is InChI=1S/C39H79NO6/c1-5-7-9-11-13-15-17-19-21-23-25-27-30-44-36-38(35-40-39(41)46-34-33-43-32-29-37(3)42-4)45-31-28-26-24-22-20-18-16-14-12-10-8-6-2/h37-38H,5-36H2,1-4H3,(H,40,41). The number of hydrogen-bond acceptors (Lipinski definition) is 6. The van der Waals surface area contributed by atoms with Crippen molar-refractivity contribution in [3.05, 3.63) is 0 Å². The fourth-order valence-electron chi connectivity index (χ4n) is 5.53. The zero-order chi connectivity index (χ0) is 33.6. The molecular weight excluding hydrogens is 578 g/mol. The molecule has 1 amide bonds. The minimum absolute atomic E-state index is 0.163. The number of nitrogens with one attached hydrogen (secondary N) is 1. The van der Waals surface area contributed by atoms with Crippen molar-refractivity contribution >= 4 is 6.09 Å². The third-order valence-electron chi connectivity index (χ3n) is 8.80. The van der Waals surface area contributed by atoms with Crippen LogP contribution in [-0.2, 0) is 23.7 Å². The van der Waals surface area contributed by atoms with Gasteiger partial charge in [-0.2, -0.15) is 0 Å². The Labute approximate surface area is 286 Å². The van der Waals surface area contributed by atoms with E-state index in [9.17, 15) is 4.79 Å². The smallest absolute Gasteiger partial charge is 0.407 e. The van der Waals surface area contributed by atoms with Gasteiger partial charge in [-0.05, 0) is 26.2 Å². The summed E-state index contributed by atoms with van der Waals surface area (Å²) in [5, 5.41) is 2.86. The molecule has 0 saturated heterocycles. The topological polar surface area (TPSA) is 75.3 Å². The molecule has 0 fully saturated rings. The van der Waals surface area contributed by atoms with Crippen molar-refractivity contribution in [2.24, 2.45) is 0 Å². The molecule has 7 heteroatoms. The van der Waals surface area contributed by atoms with E-state index in [1.165, 1.54) is 141 Å². The van der Waals surface area contributed by atoms with Crippen LogP contribution in [0.1, 0.15) is 181 Å². The minimum atomic E-state index is -0.436. The number of carbonyl (C=O) groups is 1. The van der Waals surface area contributed by atoms with Crippen molar-refractivity contribution in [3.63, 3.8) is 0 Å². The van der Waals surface area contributed by atoms with Crippen LogP contribution in [0.4, 0.5) is 4.79 Å². The Morgan fingerprint density at radius 2 is 1.00 bits per heavy atom. The molecule has 0 aliphatic rings. The van der Waals surface area contributed by atoms with Crippen molar-refractivity contribution in [1.29, 1.82) is 0 Å². The van der Waals surface area contributed by atoms with Crippen LogP contribution in [0.2, 0.25) is 0 Å². The van der Waals surface area contributed by atoms with Gasteiger partial charge in [0.05, 0.1) is 25.4 Å². The zero-order valence-electron chi connectivity index (χ0n) is 31.2. The van der Waals surface area contributed by atoms with E-state index in [0.717, 1.165) is 25.9 Å². The van der Waals surface area contributed by atoms with Gasteiger partial charge in [0, 0.05) is 33.5 Å². The Morgan fingerprint density at radius 3 is 1.48 bits per heavy atom. The molecule has 276 valence electrons. The summed E-state index contributed by atoms with van der Waals surface area (Å²) in [7, 11) is 1.69. The maximum atomic E-state index is 12.2. The molecule has 0 bridgehead atoms. The van der Waals surface area contributed by atoms with Crippen molar-refractivity contribution < 1.29 is 28.5 Å². The Kier molecular flexibility index (Phi) is 37.8. The average molecular weight is 658 g/mol. The Hall–Kier alpha value is -0.890. The second kappa shape index (κ2) is 38.6. The summed E-state index contributed by atoms with van der Waals surface area (Å²) in [6, 6.07) is 0. The summed E-state index contributed by atoms with van der Waals surface area (Å²) < 4.78 is 28.1. The van der Waals surface area contributed by atoms with Gasteiger partial charge in [0.15, 0.2) is 0 Å². The highest BCUT2D eigenvalue weighted by Gasteiger charge is 2.12. The highest BCUT2D eigenvalue weighted by molar-refractivity contribution is 5.67. The lowest BCUT2D eigenvalue weighted by Crippen LogP contribution is -2.37. The van der Waals surface area contributed by atoms with E-state index in [-0.39, 0.29) is 18.8 Å². The largest absolute Gasteiger partial charge is 0.447 e. The molecule has 46 heavy (non-hydrogen) atoms. The number of alkyl carbamates (subject to hydrolysis) is 1. The summed E-state index contributed by atoms with van der Waals surface area (Å²) in [6.45, 7) is 10.1. The van der Waals surface area contributed by atoms with Gasteiger partial charge < -0.3 is 29.0 Å². The average Bonchev–Trinajstić information content (AvgIpc) is 3.06. The van der Waals surface area contributed by atoms with E-state index in [2.05, 4.69) is 19.2 Å². The van der Waals surface area contributed by atoms with Crippen LogP contribution >= 0.6 is 0 Å². The molecule has 0 aromatic carbocycles. The summed E-state index contributed by atoms with van der Waals surface area (Å²) in [5.41, 5.74) is 0. The number of carbonyl (C=O) groups excluding carboxylic acids is 1. The highest BCUT2D eigenvalue weighted by Crippen LogP contribution is 2.13. The van der Waals surface area contributed by atoms with Crippen LogP contribution in [0.3, 0.4) is 0 Å². The number of methoxy groups -OCH3 is 1. The van der Waals surface area contributed by atoms with Gasteiger partial charge >= 0.3 is 6.09 Å². The van der Waals surface area contributed by atoms with E-state index in [0.29, 0.717) is 33.0 Å². The molecule has 0 aromatic rings. The quantitative estimate of drug-likeness (QED) is 0.0666. The molecule has 0 rings (SSSR count). The predicted molar refractivity (Wildman–Crippen MR) is 194 cm³/mol. The van der Waals surface area contributed by atoms with Crippen LogP contribution in [-0.4, -0.2) is 71.6 Å². The second-order valence-corrected chi connectivity index (χ2v) is 13.3. The molecule has 0 aliphatic carbocycles. The maximum Gasteiger partial charge on any atom is 0.407 e. The summed E-state index contributed by atoms with van der Waals surface area (Å²) in [4.78, 5) is 12.2. The summed E-state index contributed by atoms with van der Waals surface area (Å²) >= 11 is 0. The van der Waals surface area contributed by atoms with Gasteiger partial charge in [0.1, 0.15) is 6.61 Å². The number of unbranched alkanes of at least 4 members (excludes halogenated alkanes) is 22. The highest BCUT2D eigenvalue weighted by atomic mass is 16.6. The first-order valence-corrected chi connectivity index (χ1v) is 19.8. The van der Waals surface area contributed by atoms with E-state index in [1.54, 1.807) is 7.11 Å². The van der Waals surface area contributed by atoms with Gasteiger partial charge in [-0.3, -0.25) is 0 Å². The first-order chi connectivity index (χ1) is 22.6. The van der Waals surface area contributed by atoms with Crippen LogP contribution in [0.5, 0.6) is 0 Å². The van der Waals surface area contributed by atoms with Crippen LogP contribution in [0.15, 0.2) is 0 Å². The van der Waals surface area contributed by atoms with E-state index < -0.39 is 6.09 Å². The van der Waals surface area contributed by atoms with E-state index in [4.69, 9.17) is 23.7 Å². The molecule has 0 saturated carbocycles. The van der Waals surface area contributed by atoms with Gasteiger partial charge in [0.25, 0.3) is 0 Å². The molecule has 0 heterocycles. The number of rotatable bonds is 38. The SMILES string of the molecule is CCCCCCCCCCCCCCOCC(CNC(=O)OCCOCCC(C)OC)OCCCCCCCCCCCCCC. The molecule has 7 nitrogen and oxygen atoms in total. The summed E-state index contributed by atoms with van der Waals surface area (Å²) in [6.07, 6.45) is 32.3. The fraction of sp³-hybridized carbons (Fsp3) is 0.974. The predicted octanol–water partition coefficient (Wildman–Crippen LogP) is 11.0. The third-order valence-corrected chi connectivity index (χ3v) is 8.80. The van der Waals surface area contributed by atoms with E-state index >= 15 is 0 Å². The van der Waals surface area contributed by atoms with E-state index in [1.807, 2.05) is 6.92 Å². The van der Waals surface area contributed by atoms with Crippen molar-refractivity contribution in [2.45, 2.75) is 193 Å². The van der Waals surface area contributed by atoms with Gasteiger partial charge in [-0.25, -0.2) is 4.79 Å². The molecule has 2 unspecified atom stereocenters. The van der Waals surface area contributed by atoms with Crippen molar-refractivity contribution in [2.75, 3.05) is 53.3 Å². The van der Waals surface area contributed by atoms with Gasteiger partial charge in [0.2, 0.25) is 0 Å². The first-order valence-electron chi connectivity index (χ1n) is 19.8. The normalized spacial score (nSPS) is 12.8. The van der Waals surface area contributed by atoms with Crippen LogP contribution in [0, 0.1) is 0 Å². The Morgan fingerprint density at radius 1 is 0.543 bits per heavy atom. The molecule has 1 N–H and O–H groups in total. The minimum Gasteiger partial charge on any atom is -0.447 e. The molecule has 0 aromatic heterocycles. The van der Waals surface area contributed by atoms with Crippen molar-refractivity contribution in [1.82, 2.24) is 5.32 Å². The third kappa shape index (κ3) is 36.0. The number of ether oxygens (including phenoxy) is 5. The Bertz CT molecular complexity index is 593. The molecule has 2 atom stereocenters. The lowest BCUT2D eigenvalue weighted by atomic mass is 10.1. The first kappa shape index (κ1) is 45.1. The molecular formula is C39H79NO6. The van der Waals surface area contributed by atoms with Gasteiger partial charge in [-0.1, -0.05) is 155 Å². The van der Waals surface area contributed by atoms with Crippen LogP contribution in [0.25, 0.3) is 0 Å². The lowest BCUT2D eigenvalue weighted by Gasteiger charge is -2.19. The lowest BCUT2D eigenvalue weighted by molar-refractivity contribution is -0.0179. The monoisotopic (exact) mass is 658 g/mol. The van der Waals surface area contributed by atoms with Crippen molar-refractivity contribution in [3.8, 4) is 0 Å². The fourth-order valence-corrected chi connectivity index (χ4v) is 5.53. The summed E-state index contributed by atoms with van der Waals surface area (Å²) in [5.74, 6) is 0. The number of amides is 1. The maximum absolute atomic E-state index is 12.2. The second-order valence-electron chi connectivity index (χ2n) is 13.3. The Balaban J connectivity index is 4.05. The zero-order valence-corrected chi connectivity index (χ0v) is 31.2. The molecule has 0 aliphatic heterocycles. The molecule has 0 radical (unpaired) electrons. The van der Waals surface area contributed by atoms with Crippen LogP contribution < -0.4 is 5.32 Å².